The standard InChI is InChI=1S/C19H19N3O2/c23-18(21-13-9-10-20-11-13)12-22-16-7-3-1-5-14(16)19(24)15-6-2-4-8-17(15)22/h1-8,13,20H,9-12H2,(H,21,23). The fourth-order valence-corrected chi connectivity index (χ4v) is 3.44. The van der Waals surface area contributed by atoms with E-state index in [1.165, 1.54) is 0 Å². The van der Waals surface area contributed by atoms with Gasteiger partial charge in [0.05, 0.1) is 11.0 Å². The summed E-state index contributed by atoms with van der Waals surface area (Å²) in [6.45, 7) is 1.96. The minimum atomic E-state index is -0.0253. The van der Waals surface area contributed by atoms with Crippen molar-refractivity contribution in [2.45, 2.75) is 19.0 Å². The third-order valence-electron chi connectivity index (χ3n) is 4.61. The Bertz CT molecular complexity index is 911. The topological polar surface area (TPSA) is 63.1 Å². The molecule has 0 aliphatic carbocycles. The Morgan fingerprint density at radius 1 is 1.08 bits per heavy atom. The summed E-state index contributed by atoms with van der Waals surface area (Å²) >= 11 is 0. The lowest BCUT2D eigenvalue weighted by Crippen LogP contribution is -2.38. The molecule has 0 radical (unpaired) electrons. The zero-order chi connectivity index (χ0) is 16.5. The van der Waals surface area contributed by atoms with Crippen LogP contribution in [-0.2, 0) is 11.3 Å². The van der Waals surface area contributed by atoms with Gasteiger partial charge < -0.3 is 15.2 Å². The number of pyridine rings is 1. The summed E-state index contributed by atoms with van der Waals surface area (Å²) in [7, 11) is 0. The van der Waals surface area contributed by atoms with Crippen molar-refractivity contribution in [3.05, 3.63) is 58.8 Å². The molecule has 1 unspecified atom stereocenters. The average molecular weight is 321 g/mol. The summed E-state index contributed by atoms with van der Waals surface area (Å²) in [4.78, 5) is 25.2. The summed E-state index contributed by atoms with van der Waals surface area (Å²) in [5.74, 6) is -0.0253. The molecule has 1 saturated heterocycles. The smallest absolute Gasteiger partial charge is 0.240 e. The molecule has 0 saturated carbocycles. The second-order valence-corrected chi connectivity index (χ2v) is 6.21. The van der Waals surface area contributed by atoms with Crippen molar-refractivity contribution in [3.8, 4) is 0 Å². The molecule has 122 valence electrons. The van der Waals surface area contributed by atoms with Gasteiger partial charge in [-0.15, -0.1) is 0 Å². The van der Waals surface area contributed by atoms with E-state index in [1.54, 1.807) is 0 Å². The van der Waals surface area contributed by atoms with Gasteiger partial charge in [-0.25, -0.2) is 0 Å². The van der Waals surface area contributed by atoms with Crippen molar-refractivity contribution in [2.24, 2.45) is 0 Å². The lowest BCUT2D eigenvalue weighted by molar-refractivity contribution is -0.122. The molecule has 2 heterocycles. The normalized spacial score (nSPS) is 17.4. The average Bonchev–Trinajstić information content (AvgIpc) is 3.11. The van der Waals surface area contributed by atoms with Gasteiger partial charge in [0, 0.05) is 23.4 Å². The van der Waals surface area contributed by atoms with Gasteiger partial charge in [-0.1, -0.05) is 24.3 Å². The number of aromatic nitrogens is 1. The number of carbonyl (C=O) groups is 1. The van der Waals surface area contributed by atoms with Crippen molar-refractivity contribution >= 4 is 27.7 Å². The number of hydrogen-bond acceptors (Lipinski definition) is 3. The molecule has 1 atom stereocenters. The Morgan fingerprint density at radius 3 is 2.29 bits per heavy atom. The first-order valence-electron chi connectivity index (χ1n) is 8.24. The maximum absolute atomic E-state index is 12.7. The highest BCUT2D eigenvalue weighted by molar-refractivity contribution is 5.94. The molecule has 3 aromatic rings. The maximum atomic E-state index is 12.7. The molecule has 5 heteroatoms. The number of nitrogens with one attached hydrogen (secondary N) is 2. The van der Waals surface area contributed by atoms with Gasteiger partial charge in [-0.3, -0.25) is 9.59 Å². The van der Waals surface area contributed by atoms with Crippen LogP contribution in [0.25, 0.3) is 21.8 Å². The van der Waals surface area contributed by atoms with E-state index in [0.717, 1.165) is 30.5 Å². The van der Waals surface area contributed by atoms with E-state index in [0.29, 0.717) is 10.8 Å². The number of rotatable bonds is 3. The van der Waals surface area contributed by atoms with E-state index in [2.05, 4.69) is 10.6 Å². The molecule has 24 heavy (non-hydrogen) atoms. The third kappa shape index (κ3) is 2.57. The zero-order valence-electron chi connectivity index (χ0n) is 13.3. The van der Waals surface area contributed by atoms with Crippen LogP contribution in [-0.4, -0.2) is 29.6 Å². The summed E-state index contributed by atoms with van der Waals surface area (Å²) in [5.41, 5.74) is 1.60. The number of nitrogens with zero attached hydrogens (tertiary/aromatic N) is 1. The molecule has 1 fully saturated rings. The van der Waals surface area contributed by atoms with Crippen molar-refractivity contribution in [2.75, 3.05) is 13.1 Å². The molecule has 0 bridgehead atoms. The van der Waals surface area contributed by atoms with E-state index < -0.39 is 0 Å². The Morgan fingerprint density at radius 2 is 1.71 bits per heavy atom. The number of fused-ring (bicyclic) bond motifs is 2. The second kappa shape index (κ2) is 6.09. The van der Waals surface area contributed by atoms with Crippen LogP contribution in [0.3, 0.4) is 0 Å². The predicted octanol–water partition coefficient (Wildman–Crippen LogP) is 1.63. The molecule has 1 aliphatic rings. The van der Waals surface area contributed by atoms with E-state index >= 15 is 0 Å². The summed E-state index contributed by atoms with van der Waals surface area (Å²) < 4.78 is 1.93. The Labute approximate surface area is 139 Å². The molecule has 5 nitrogen and oxygen atoms in total. The van der Waals surface area contributed by atoms with Crippen LogP contribution in [0.1, 0.15) is 6.42 Å². The zero-order valence-corrected chi connectivity index (χ0v) is 13.3. The van der Waals surface area contributed by atoms with Gasteiger partial charge in [0.1, 0.15) is 6.54 Å². The van der Waals surface area contributed by atoms with Crippen LogP contribution in [0.2, 0.25) is 0 Å². The summed E-state index contributed by atoms with van der Waals surface area (Å²) in [6, 6.07) is 15.1. The Hall–Kier alpha value is -2.66. The van der Waals surface area contributed by atoms with E-state index in [4.69, 9.17) is 0 Å². The SMILES string of the molecule is O=C(Cn1c2ccccc2c(=O)c2ccccc21)NC1CCNC1. The van der Waals surface area contributed by atoms with Crippen LogP contribution >= 0.6 is 0 Å². The number of hydrogen-bond donors (Lipinski definition) is 2. The number of para-hydroxylation sites is 2. The highest BCUT2D eigenvalue weighted by Gasteiger charge is 2.18. The first-order valence-corrected chi connectivity index (χ1v) is 8.24. The molecule has 0 spiro atoms. The van der Waals surface area contributed by atoms with Gasteiger partial charge in [0.25, 0.3) is 0 Å². The van der Waals surface area contributed by atoms with Crippen LogP contribution in [0.4, 0.5) is 0 Å². The van der Waals surface area contributed by atoms with Crippen molar-refractivity contribution in [1.29, 1.82) is 0 Å². The van der Waals surface area contributed by atoms with E-state index in [-0.39, 0.29) is 23.9 Å². The van der Waals surface area contributed by atoms with Crippen molar-refractivity contribution < 1.29 is 4.79 Å². The quantitative estimate of drug-likeness (QED) is 0.721. The molecular weight excluding hydrogens is 302 g/mol. The van der Waals surface area contributed by atoms with Crippen LogP contribution < -0.4 is 16.1 Å². The van der Waals surface area contributed by atoms with Crippen LogP contribution in [0, 0.1) is 0 Å². The number of carbonyl (C=O) groups excluding carboxylic acids is 1. The van der Waals surface area contributed by atoms with Crippen LogP contribution in [0.5, 0.6) is 0 Å². The molecule has 1 aliphatic heterocycles. The first-order chi connectivity index (χ1) is 11.7. The Balaban J connectivity index is 1.81. The minimum absolute atomic E-state index is 0.0119. The van der Waals surface area contributed by atoms with Gasteiger partial charge in [-0.2, -0.15) is 0 Å². The van der Waals surface area contributed by atoms with Gasteiger partial charge in [-0.05, 0) is 37.2 Å². The molecule has 1 aromatic heterocycles. The van der Waals surface area contributed by atoms with Crippen molar-refractivity contribution in [3.63, 3.8) is 0 Å². The van der Waals surface area contributed by atoms with Crippen molar-refractivity contribution in [1.82, 2.24) is 15.2 Å². The molecular formula is C19H19N3O2. The Kier molecular flexibility index (Phi) is 3.78. The monoisotopic (exact) mass is 321 g/mol. The molecule has 4 rings (SSSR count). The number of amides is 1. The fraction of sp³-hybridized carbons (Fsp3) is 0.263. The molecule has 2 N–H and O–H groups in total. The molecule has 1 amide bonds. The summed E-state index contributed by atoms with van der Waals surface area (Å²) in [5, 5.41) is 7.61. The highest BCUT2D eigenvalue weighted by atomic mass is 16.2. The predicted molar refractivity (Wildman–Crippen MR) is 95.1 cm³/mol. The van der Waals surface area contributed by atoms with Gasteiger partial charge in [0.15, 0.2) is 5.43 Å². The number of benzene rings is 2. The van der Waals surface area contributed by atoms with Gasteiger partial charge >= 0.3 is 0 Å². The van der Waals surface area contributed by atoms with Gasteiger partial charge in [0.2, 0.25) is 5.91 Å². The lowest BCUT2D eigenvalue weighted by atomic mass is 10.1. The van der Waals surface area contributed by atoms with E-state index in [9.17, 15) is 9.59 Å². The van der Waals surface area contributed by atoms with Crippen LogP contribution in [0.15, 0.2) is 53.3 Å². The summed E-state index contributed by atoms with van der Waals surface area (Å²) in [6.07, 6.45) is 0.956. The second-order valence-electron chi connectivity index (χ2n) is 6.21. The lowest BCUT2D eigenvalue weighted by Gasteiger charge is -2.17. The fourth-order valence-electron chi connectivity index (χ4n) is 3.44. The van der Waals surface area contributed by atoms with E-state index in [1.807, 2.05) is 53.1 Å². The first kappa shape index (κ1) is 14.9. The largest absolute Gasteiger partial charge is 0.350 e. The third-order valence-corrected chi connectivity index (χ3v) is 4.61. The minimum Gasteiger partial charge on any atom is -0.350 e. The highest BCUT2D eigenvalue weighted by Crippen LogP contribution is 2.19. The maximum Gasteiger partial charge on any atom is 0.240 e. The molecule has 2 aromatic carbocycles.